The van der Waals surface area contributed by atoms with Crippen LogP contribution in [-0.4, -0.2) is 54.0 Å². The molecule has 1 N–H and O–H groups in total. The van der Waals surface area contributed by atoms with E-state index >= 15 is 0 Å². The van der Waals surface area contributed by atoms with Gasteiger partial charge in [0.25, 0.3) is 5.91 Å². The van der Waals surface area contributed by atoms with Gasteiger partial charge in [0.05, 0.1) is 25.3 Å². The second-order valence-electron chi connectivity index (χ2n) is 9.38. The summed E-state index contributed by atoms with van der Waals surface area (Å²) in [7, 11) is 0. The van der Waals surface area contributed by atoms with Crippen molar-refractivity contribution in [2.24, 2.45) is 0 Å². The van der Waals surface area contributed by atoms with Gasteiger partial charge in [-0.25, -0.2) is 14.4 Å². The molecule has 1 aliphatic rings. The van der Waals surface area contributed by atoms with E-state index in [1.165, 1.54) is 0 Å². The van der Waals surface area contributed by atoms with Gasteiger partial charge in [-0.15, -0.1) is 0 Å². The fourth-order valence-corrected chi connectivity index (χ4v) is 4.79. The Morgan fingerprint density at radius 2 is 1.36 bits per heavy atom. The van der Waals surface area contributed by atoms with Crippen molar-refractivity contribution >= 4 is 51.8 Å². The third-order valence-corrected chi connectivity index (χ3v) is 6.76. The minimum atomic E-state index is -0.973. The minimum Gasteiger partial charge on any atom is -0.461 e. The first-order valence-corrected chi connectivity index (χ1v) is 13.4. The molecule has 5 rings (SSSR count). The second kappa shape index (κ2) is 12.2. The second-order valence-corrected chi connectivity index (χ2v) is 9.38. The van der Waals surface area contributed by atoms with Crippen molar-refractivity contribution < 1.29 is 47.0 Å². The maximum Gasteiger partial charge on any atom is 0.374 e. The number of rotatable bonds is 11. The van der Waals surface area contributed by atoms with Crippen molar-refractivity contribution in [2.45, 2.75) is 45.9 Å². The summed E-state index contributed by atoms with van der Waals surface area (Å²) >= 11 is 0. The molecule has 2 aromatic heterocycles. The molecule has 1 aliphatic heterocycles. The van der Waals surface area contributed by atoms with E-state index in [0.717, 1.165) is 4.90 Å². The van der Waals surface area contributed by atoms with Crippen LogP contribution in [0.25, 0.3) is 21.9 Å². The van der Waals surface area contributed by atoms with Gasteiger partial charge in [-0.05, 0) is 32.4 Å². The molecular weight excluding hydrogens is 548 g/mol. The number of ether oxygens (including phenoxy) is 3. The Bertz CT molecular complexity index is 1680. The van der Waals surface area contributed by atoms with E-state index in [1.54, 1.807) is 62.4 Å². The highest BCUT2D eigenvalue weighted by Gasteiger charge is 2.39. The Labute approximate surface area is 239 Å². The van der Waals surface area contributed by atoms with Gasteiger partial charge >= 0.3 is 23.9 Å². The van der Waals surface area contributed by atoms with E-state index in [1.807, 2.05) is 0 Å². The van der Waals surface area contributed by atoms with E-state index in [2.05, 4.69) is 5.32 Å². The summed E-state index contributed by atoms with van der Waals surface area (Å²) in [5.41, 5.74) is 1.58. The Morgan fingerprint density at radius 3 is 1.95 bits per heavy atom. The zero-order valence-electron chi connectivity index (χ0n) is 23.0. The Kier molecular flexibility index (Phi) is 8.23. The average molecular weight is 577 g/mol. The molecule has 1 saturated heterocycles. The molecule has 1 atom stereocenters. The number of hydrogen-bond donors (Lipinski definition) is 1. The van der Waals surface area contributed by atoms with Crippen LogP contribution in [0.3, 0.4) is 0 Å². The molecule has 3 amide bonds. The topological polar surface area (TPSA) is 155 Å². The number of amides is 3. The maximum atomic E-state index is 13.1. The number of furan rings is 2. The Morgan fingerprint density at radius 1 is 0.810 bits per heavy atom. The van der Waals surface area contributed by atoms with Crippen LogP contribution in [0.15, 0.2) is 57.4 Å². The number of esters is 3. The summed E-state index contributed by atoms with van der Waals surface area (Å²) in [6.45, 7) is 3.13. The van der Waals surface area contributed by atoms with Gasteiger partial charge in [0, 0.05) is 22.8 Å². The highest BCUT2D eigenvalue weighted by molar-refractivity contribution is 6.05. The quantitative estimate of drug-likeness (QED) is 0.154. The lowest BCUT2D eigenvalue weighted by Gasteiger charge is -2.13. The standard InChI is InChI=1S/C30H28N2O10/c1-3-38-28(35)25-19(17-9-5-7-11-22(17)41-25)15-32-27(34)21(31-30(32)37)13-14-24(33)40-16-20-18-10-6-8-12-23(18)42-26(20)29(36)39-4-2/h5-12,21H,3-4,13-16H2,1-2H3,(H,31,37)/t21-/m1/s1. The molecule has 0 aliphatic carbocycles. The normalized spacial score (nSPS) is 14.8. The molecule has 0 unspecified atom stereocenters. The van der Waals surface area contributed by atoms with E-state index in [4.69, 9.17) is 23.0 Å². The lowest BCUT2D eigenvalue weighted by atomic mass is 10.1. The van der Waals surface area contributed by atoms with E-state index < -0.39 is 35.9 Å². The van der Waals surface area contributed by atoms with Crippen molar-refractivity contribution in [3.05, 3.63) is 71.2 Å². The van der Waals surface area contributed by atoms with Crippen LogP contribution in [0, 0.1) is 0 Å². The molecule has 3 heterocycles. The largest absolute Gasteiger partial charge is 0.461 e. The third-order valence-electron chi connectivity index (χ3n) is 6.76. The molecule has 0 spiro atoms. The van der Waals surface area contributed by atoms with Crippen molar-refractivity contribution in [3.8, 4) is 0 Å². The fourth-order valence-electron chi connectivity index (χ4n) is 4.79. The molecule has 0 saturated carbocycles. The molecule has 0 bridgehead atoms. The van der Waals surface area contributed by atoms with Gasteiger partial charge in [0.1, 0.15) is 23.8 Å². The van der Waals surface area contributed by atoms with Crippen molar-refractivity contribution in [3.63, 3.8) is 0 Å². The van der Waals surface area contributed by atoms with Crippen LogP contribution in [0.1, 0.15) is 58.9 Å². The van der Waals surface area contributed by atoms with Gasteiger partial charge in [-0.2, -0.15) is 0 Å². The SMILES string of the molecule is CCOC(=O)c1oc2ccccc2c1COC(=O)CC[C@H]1NC(=O)N(Cc2c(C(=O)OCC)oc3ccccc23)C1=O. The number of hydrogen-bond acceptors (Lipinski definition) is 10. The fraction of sp³-hybridized carbons (Fsp3) is 0.300. The predicted molar refractivity (Wildman–Crippen MR) is 146 cm³/mol. The summed E-state index contributed by atoms with van der Waals surface area (Å²) in [4.78, 5) is 64.4. The van der Waals surface area contributed by atoms with Gasteiger partial charge in [0.15, 0.2) is 0 Å². The monoisotopic (exact) mass is 576 g/mol. The summed E-state index contributed by atoms with van der Waals surface area (Å²) < 4.78 is 26.9. The van der Waals surface area contributed by atoms with Crippen LogP contribution in [-0.2, 0) is 37.0 Å². The number of benzene rings is 2. The summed E-state index contributed by atoms with van der Waals surface area (Å²) in [5, 5.41) is 3.76. The Balaban J connectivity index is 1.24. The third kappa shape index (κ3) is 5.55. The van der Waals surface area contributed by atoms with Gasteiger partial charge in [-0.3, -0.25) is 14.5 Å². The lowest BCUT2D eigenvalue weighted by Crippen LogP contribution is -2.31. The summed E-state index contributed by atoms with van der Waals surface area (Å²) in [5.74, 6) is -2.70. The molecule has 218 valence electrons. The van der Waals surface area contributed by atoms with Crippen molar-refractivity contribution in [2.75, 3.05) is 13.2 Å². The zero-order chi connectivity index (χ0) is 29.8. The van der Waals surface area contributed by atoms with Crippen molar-refractivity contribution in [1.29, 1.82) is 0 Å². The molecule has 42 heavy (non-hydrogen) atoms. The number of carbonyl (C=O) groups excluding carboxylic acids is 5. The van der Waals surface area contributed by atoms with Gasteiger partial charge in [0.2, 0.25) is 11.5 Å². The molecule has 12 heteroatoms. The van der Waals surface area contributed by atoms with Crippen LogP contribution < -0.4 is 5.32 Å². The van der Waals surface area contributed by atoms with Crippen molar-refractivity contribution in [1.82, 2.24) is 10.2 Å². The van der Waals surface area contributed by atoms with Crippen LogP contribution in [0.2, 0.25) is 0 Å². The first-order valence-electron chi connectivity index (χ1n) is 13.4. The van der Waals surface area contributed by atoms with Gasteiger partial charge in [-0.1, -0.05) is 36.4 Å². The molecule has 4 aromatic rings. The smallest absolute Gasteiger partial charge is 0.374 e. The Hall–Kier alpha value is -5.13. The van der Waals surface area contributed by atoms with Crippen LogP contribution in [0.5, 0.6) is 0 Å². The number of nitrogens with zero attached hydrogens (tertiary/aromatic N) is 1. The number of nitrogens with one attached hydrogen (secondary N) is 1. The first-order chi connectivity index (χ1) is 20.3. The molecule has 12 nitrogen and oxygen atoms in total. The predicted octanol–water partition coefficient (Wildman–Crippen LogP) is 4.48. The van der Waals surface area contributed by atoms with E-state index in [0.29, 0.717) is 33.1 Å². The number of imide groups is 1. The minimum absolute atomic E-state index is 0.0202. The van der Waals surface area contributed by atoms with Gasteiger partial charge < -0.3 is 28.4 Å². The van der Waals surface area contributed by atoms with Crippen LogP contribution >= 0.6 is 0 Å². The molecule has 0 radical (unpaired) electrons. The number of carbonyl (C=O) groups is 5. The summed E-state index contributed by atoms with van der Waals surface area (Å²) in [6.07, 6.45) is -0.203. The highest BCUT2D eigenvalue weighted by Crippen LogP contribution is 2.30. The average Bonchev–Trinajstić information content (AvgIpc) is 3.63. The highest BCUT2D eigenvalue weighted by atomic mass is 16.6. The first kappa shape index (κ1) is 28.4. The zero-order valence-corrected chi connectivity index (χ0v) is 23.0. The van der Waals surface area contributed by atoms with E-state index in [9.17, 15) is 24.0 Å². The maximum absolute atomic E-state index is 13.1. The molecule has 2 aromatic carbocycles. The lowest BCUT2D eigenvalue weighted by molar-refractivity contribution is -0.145. The van der Waals surface area contributed by atoms with Crippen LogP contribution in [0.4, 0.5) is 4.79 Å². The number of fused-ring (bicyclic) bond motifs is 2. The molecule has 1 fully saturated rings. The number of urea groups is 1. The molecular formula is C30H28N2O10. The summed E-state index contributed by atoms with van der Waals surface area (Å²) in [6, 6.07) is 12.2. The number of para-hydroxylation sites is 2. The van der Waals surface area contributed by atoms with E-state index in [-0.39, 0.29) is 50.7 Å².